The molecule has 1 aromatic carbocycles. The van der Waals surface area contributed by atoms with Crippen LogP contribution in [0.15, 0.2) is 48.9 Å². The van der Waals surface area contributed by atoms with E-state index in [1.54, 1.807) is 69.7 Å². The minimum atomic E-state index is -1.54. The van der Waals surface area contributed by atoms with Gasteiger partial charge in [-0.05, 0) is 63.9 Å². The van der Waals surface area contributed by atoms with Gasteiger partial charge in [0, 0.05) is 58.9 Å². The molecule has 3 aromatic rings. The lowest BCUT2D eigenvalue weighted by atomic mass is 9.89. The molecule has 0 bridgehead atoms. The molecule has 1 aliphatic heterocycles. The van der Waals surface area contributed by atoms with Crippen molar-refractivity contribution in [3.8, 4) is 0 Å². The third-order valence-electron chi connectivity index (χ3n) is 5.72. The highest BCUT2D eigenvalue weighted by Crippen LogP contribution is 2.33. The summed E-state index contributed by atoms with van der Waals surface area (Å²) in [5.74, 6) is -0.517. The number of fused-ring (bicyclic) bond motifs is 1. The minimum Gasteiger partial charge on any atom is -0.444 e. The molecule has 186 valence electrons. The SMILES string of the molecule is CC(C)(C)OC(=O)NC(NC(=O)C1CCOCC1)(c1cc(Cl)cc(Cl)c1)c1ccn2ccnc2c1. The smallest absolute Gasteiger partial charge is 0.410 e. The van der Waals surface area contributed by atoms with Crippen molar-refractivity contribution in [2.75, 3.05) is 13.2 Å². The zero-order valence-electron chi connectivity index (χ0n) is 19.8. The summed E-state index contributed by atoms with van der Waals surface area (Å²) < 4.78 is 12.8. The van der Waals surface area contributed by atoms with E-state index in [4.69, 9.17) is 32.7 Å². The van der Waals surface area contributed by atoms with Crippen LogP contribution in [0.3, 0.4) is 0 Å². The molecule has 4 rings (SSSR count). The molecule has 1 aliphatic rings. The van der Waals surface area contributed by atoms with Gasteiger partial charge in [-0.15, -0.1) is 0 Å². The van der Waals surface area contributed by atoms with Crippen molar-refractivity contribution >= 4 is 40.8 Å². The number of carbonyl (C=O) groups is 2. The van der Waals surface area contributed by atoms with Crippen LogP contribution in [-0.2, 0) is 19.9 Å². The van der Waals surface area contributed by atoms with E-state index in [1.807, 2.05) is 4.40 Å². The first-order valence-corrected chi connectivity index (χ1v) is 12.1. The van der Waals surface area contributed by atoms with E-state index in [9.17, 15) is 9.59 Å². The van der Waals surface area contributed by atoms with Crippen LogP contribution in [0.5, 0.6) is 0 Å². The Hall–Kier alpha value is -2.81. The van der Waals surface area contributed by atoms with Crippen LogP contribution in [0.1, 0.15) is 44.7 Å². The monoisotopic (exact) mass is 518 g/mol. The molecule has 3 heterocycles. The summed E-state index contributed by atoms with van der Waals surface area (Å²) in [5.41, 5.74) is -0.649. The average molecular weight is 519 g/mol. The van der Waals surface area contributed by atoms with E-state index in [1.165, 1.54) is 0 Å². The maximum Gasteiger partial charge on any atom is 0.410 e. The highest BCUT2D eigenvalue weighted by atomic mass is 35.5. The summed E-state index contributed by atoms with van der Waals surface area (Å²) in [7, 11) is 0. The van der Waals surface area contributed by atoms with Crippen LogP contribution in [0.4, 0.5) is 4.79 Å². The van der Waals surface area contributed by atoms with Crippen LogP contribution in [0.25, 0.3) is 5.65 Å². The first-order chi connectivity index (χ1) is 16.6. The zero-order chi connectivity index (χ0) is 25.2. The largest absolute Gasteiger partial charge is 0.444 e. The maximum atomic E-state index is 13.6. The average Bonchev–Trinajstić information content (AvgIpc) is 3.25. The fourth-order valence-corrected chi connectivity index (χ4v) is 4.63. The summed E-state index contributed by atoms with van der Waals surface area (Å²) in [6.45, 7) is 6.28. The van der Waals surface area contributed by atoms with E-state index in [0.29, 0.717) is 52.9 Å². The number of alkyl carbamates (subject to hydrolysis) is 1. The fourth-order valence-electron chi connectivity index (χ4n) is 4.10. The van der Waals surface area contributed by atoms with E-state index in [0.717, 1.165) is 0 Å². The van der Waals surface area contributed by atoms with Gasteiger partial charge in [0.1, 0.15) is 11.2 Å². The number of aromatic nitrogens is 2. The number of amides is 2. The van der Waals surface area contributed by atoms with Crippen LogP contribution >= 0.6 is 23.2 Å². The fraction of sp³-hybridized carbons (Fsp3) is 0.400. The molecule has 8 nitrogen and oxygen atoms in total. The minimum absolute atomic E-state index is 0.233. The molecule has 2 N–H and O–H groups in total. The lowest BCUT2D eigenvalue weighted by Gasteiger charge is -2.38. The van der Waals surface area contributed by atoms with Gasteiger partial charge in [0.05, 0.1) is 0 Å². The molecule has 1 atom stereocenters. The van der Waals surface area contributed by atoms with Gasteiger partial charge in [-0.2, -0.15) is 0 Å². The second-order valence-electron chi connectivity index (χ2n) is 9.52. The quantitative estimate of drug-likeness (QED) is 0.468. The predicted molar refractivity (Wildman–Crippen MR) is 133 cm³/mol. The van der Waals surface area contributed by atoms with Gasteiger partial charge in [-0.1, -0.05) is 23.2 Å². The number of hydrogen-bond donors (Lipinski definition) is 2. The van der Waals surface area contributed by atoms with Gasteiger partial charge in [0.2, 0.25) is 5.91 Å². The van der Waals surface area contributed by atoms with Crippen molar-refractivity contribution < 1.29 is 19.1 Å². The molecule has 2 aromatic heterocycles. The topological polar surface area (TPSA) is 94.0 Å². The lowest BCUT2D eigenvalue weighted by molar-refractivity contribution is -0.129. The summed E-state index contributed by atoms with van der Waals surface area (Å²) in [5, 5.41) is 6.73. The number of imidazole rings is 1. The predicted octanol–water partition coefficient (Wildman–Crippen LogP) is 4.91. The Morgan fingerprint density at radius 1 is 1.03 bits per heavy atom. The van der Waals surface area contributed by atoms with Gasteiger partial charge in [0.15, 0.2) is 5.66 Å². The van der Waals surface area contributed by atoms with Crippen molar-refractivity contribution in [2.45, 2.75) is 44.9 Å². The van der Waals surface area contributed by atoms with Gasteiger partial charge in [-0.25, -0.2) is 9.78 Å². The molecule has 1 saturated heterocycles. The highest BCUT2D eigenvalue weighted by Gasteiger charge is 2.41. The van der Waals surface area contributed by atoms with Crippen molar-refractivity contribution in [3.05, 3.63) is 70.1 Å². The van der Waals surface area contributed by atoms with E-state index in [-0.39, 0.29) is 11.8 Å². The van der Waals surface area contributed by atoms with Crippen LogP contribution in [0, 0.1) is 5.92 Å². The Morgan fingerprint density at radius 3 is 2.37 bits per heavy atom. The highest BCUT2D eigenvalue weighted by molar-refractivity contribution is 6.34. The Morgan fingerprint density at radius 2 is 1.71 bits per heavy atom. The number of halogens is 2. The number of pyridine rings is 1. The molecule has 35 heavy (non-hydrogen) atoms. The first kappa shape index (κ1) is 25.3. The molecular weight excluding hydrogens is 491 g/mol. The van der Waals surface area contributed by atoms with Crippen molar-refractivity contribution in [2.24, 2.45) is 5.92 Å². The van der Waals surface area contributed by atoms with Crippen molar-refractivity contribution in [3.63, 3.8) is 0 Å². The Kier molecular flexibility index (Phi) is 7.26. The van der Waals surface area contributed by atoms with E-state index >= 15 is 0 Å². The molecule has 1 fully saturated rings. The van der Waals surface area contributed by atoms with Gasteiger partial charge < -0.3 is 19.2 Å². The Labute approximate surface area is 213 Å². The number of ether oxygens (including phenoxy) is 2. The molecule has 0 aliphatic carbocycles. The molecule has 2 amide bonds. The number of hydrogen-bond acceptors (Lipinski definition) is 5. The van der Waals surface area contributed by atoms with Crippen molar-refractivity contribution in [1.29, 1.82) is 0 Å². The summed E-state index contributed by atoms with van der Waals surface area (Å²) in [6.07, 6.45) is 5.70. The third-order valence-corrected chi connectivity index (χ3v) is 6.15. The molecule has 0 saturated carbocycles. The van der Waals surface area contributed by atoms with Gasteiger partial charge in [0.25, 0.3) is 0 Å². The van der Waals surface area contributed by atoms with Gasteiger partial charge >= 0.3 is 6.09 Å². The first-order valence-electron chi connectivity index (χ1n) is 11.4. The second-order valence-corrected chi connectivity index (χ2v) is 10.4. The molecule has 0 radical (unpaired) electrons. The van der Waals surface area contributed by atoms with E-state index < -0.39 is 17.4 Å². The van der Waals surface area contributed by atoms with Gasteiger partial charge in [-0.3, -0.25) is 10.1 Å². The number of benzene rings is 1. The number of carbonyl (C=O) groups excluding carboxylic acids is 2. The number of rotatable bonds is 5. The second kappa shape index (κ2) is 10.0. The van der Waals surface area contributed by atoms with Crippen LogP contribution in [-0.4, -0.2) is 40.2 Å². The molecular formula is C25H28Cl2N4O4. The Balaban J connectivity index is 1.88. The van der Waals surface area contributed by atoms with Crippen LogP contribution in [0.2, 0.25) is 10.0 Å². The maximum absolute atomic E-state index is 13.6. The molecule has 0 spiro atoms. The van der Waals surface area contributed by atoms with Crippen molar-refractivity contribution in [1.82, 2.24) is 20.0 Å². The normalized spacial score (nSPS) is 16.5. The lowest BCUT2D eigenvalue weighted by Crippen LogP contribution is -2.60. The van der Waals surface area contributed by atoms with E-state index in [2.05, 4.69) is 15.6 Å². The summed E-state index contributed by atoms with van der Waals surface area (Å²) in [6, 6.07) is 8.49. The van der Waals surface area contributed by atoms with Crippen LogP contribution < -0.4 is 10.6 Å². The summed E-state index contributed by atoms with van der Waals surface area (Å²) in [4.78, 5) is 31.1. The molecule has 1 unspecified atom stereocenters. The standard InChI is InChI=1S/C25H28Cl2N4O4/c1-24(2,3)35-23(33)30-25(18-12-19(26)15-20(27)13-18,29-22(32)16-5-10-34-11-6-16)17-4-8-31-9-7-28-21(31)14-17/h4,7-9,12-16H,5-6,10-11H2,1-3H3,(H,29,32)(H,30,33). The Bertz CT molecular complexity index is 1210. The summed E-state index contributed by atoms with van der Waals surface area (Å²) >= 11 is 12.8. The number of nitrogens with one attached hydrogen (secondary N) is 2. The molecule has 10 heteroatoms. The third kappa shape index (κ3) is 5.89. The zero-order valence-corrected chi connectivity index (χ0v) is 21.3. The number of nitrogens with zero attached hydrogens (tertiary/aromatic N) is 2.